The van der Waals surface area contributed by atoms with Crippen LogP contribution in [0.1, 0.15) is 10.4 Å². The van der Waals surface area contributed by atoms with E-state index in [2.05, 4.69) is 4.29 Å². The van der Waals surface area contributed by atoms with E-state index in [0.29, 0.717) is 5.56 Å². The maximum absolute atomic E-state index is 10.5. The highest BCUT2D eigenvalue weighted by atomic mass is 35.5. The van der Waals surface area contributed by atoms with Gasteiger partial charge in [-0.15, -0.1) is 0 Å². The number of hydrogen-bond acceptors (Lipinski definition) is 3. The summed E-state index contributed by atoms with van der Waals surface area (Å²) in [5.41, 5.74) is 0.495. The van der Waals surface area contributed by atoms with Crippen LogP contribution in [0.25, 0.3) is 0 Å². The fourth-order valence-corrected chi connectivity index (χ4v) is 1.14. The molecule has 1 aromatic heterocycles. The fourth-order valence-electron chi connectivity index (χ4n) is 0.425. The number of carbonyl (C=O) groups excluding carboxylic acids is 1. The number of rotatable bonds is 1. The van der Waals surface area contributed by atoms with Gasteiger partial charge in [-0.25, -0.2) is 4.79 Å². The van der Waals surface area contributed by atoms with Crippen molar-refractivity contribution in [3.05, 3.63) is 22.4 Å². The van der Waals surface area contributed by atoms with Crippen molar-refractivity contribution in [1.29, 1.82) is 0 Å². The lowest BCUT2D eigenvalue weighted by atomic mass is 10.4. The van der Waals surface area contributed by atoms with Gasteiger partial charge >= 0.3 is 5.97 Å². The van der Waals surface area contributed by atoms with Gasteiger partial charge in [-0.3, -0.25) is 0 Å². The van der Waals surface area contributed by atoms with Gasteiger partial charge in [-0.1, -0.05) is 0 Å². The monoisotopic (exact) mass is 162 g/mol. The van der Waals surface area contributed by atoms with Crippen molar-refractivity contribution in [2.75, 3.05) is 0 Å². The first kappa shape index (κ1) is 6.58. The Morgan fingerprint density at radius 1 is 1.78 bits per heavy atom. The van der Waals surface area contributed by atoms with Gasteiger partial charge in [0.05, 0.1) is 5.56 Å². The first-order valence-electron chi connectivity index (χ1n) is 2.19. The zero-order valence-electron chi connectivity index (χ0n) is 4.33. The molecule has 0 bridgehead atoms. The maximum atomic E-state index is 10.5. The second-order valence-corrected chi connectivity index (χ2v) is 2.31. The summed E-state index contributed by atoms with van der Waals surface area (Å²) in [5, 5.41) is 3.45. The van der Waals surface area contributed by atoms with Crippen molar-refractivity contribution in [1.82, 2.24) is 0 Å². The van der Waals surface area contributed by atoms with Gasteiger partial charge in [0.25, 0.3) is 0 Å². The van der Waals surface area contributed by atoms with Crippen LogP contribution < -0.4 is 0 Å². The molecule has 0 saturated heterocycles. The van der Waals surface area contributed by atoms with Gasteiger partial charge in [0.2, 0.25) is 0 Å². The van der Waals surface area contributed by atoms with Crippen LogP contribution in [0.5, 0.6) is 0 Å². The summed E-state index contributed by atoms with van der Waals surface area (Å²) in [6.45, 7) is 0. The van der Waals surface area contributed by atoms with E-state index in [-0.39, 0.29) is 0 Å². The number of halogens is 1. The summed E-state index contributed by atoms with van der Waals surface area (Å²) in [5.74, 6) is -0.502. The van der Waals surface area contributed by atoms with E-state index < -0.39 is 5.97 Å². The van der Waals surface area contributed by atoms with Crippen molar-refractivity contribution < 1.29 is 9.08 Å². The largest absolute Gasteiger partial charge is 0.357 e. The SMILES string of the molecule is O=C(OCl)c1ccsc1. The lowest BCUT2D eigenvalue weighted by molar-refractivity contribution is 0.0752. The van der Waals surface area contributed by atoms with E-state index in [4.69, 9.17) is 11.9 Å². The average molecular weight is 163 g/mol. The Morgan fingerprint density at radius 3 is 3.00 bits per heavy atom. The molecule has 2 nitrogen and oxygen atoms in total. The van der Waals surface area contributed by atoms with Gasteiger partial charge in [0.1, 0.15) is 11.9 Å². The van der Waals surface area contributed by atoms with E-state index in [0.717, 1.165) is 0 Å². The third-order valence-corrected chi connectivity index (χ3v) is 1.65. The molecule has 0 N–H and O–H groups in total. The predicted molar refractivity (Wildman–Crippen MR) is 35.6 cm³/mol. The van der Waals surface area contributed by atoms with Crippen LogP contribution in [0.3, 0.4) is 0 Å². The molecule has 0 aliphatic heterocycles. The number of thiophene rings is 1. The van der Waals surface area contributed by atoms with Crippen molar-refractivity contribution in [2.45, 2.75) is 0 Å². The summed E-state index contributed by atoms with van der Waals surface area (Å²) in [4.78, 5) is 10.5. The van der Waals surface area contributed by atoms with Crippen LogP contribution in [0.2, 0.25) is 0 Å². The minimum atomic E-state index is -0.502. The molecule has 9 heavy (non-hydrogen) atoms. The van der Waals surface area contributed by atoms with E-state index in [9.17, 15) is 4.79 Å². The van der Waals surface area contributed by atoms with Crippen molar-refractivity contribution in [3.63, 3.8) is 0 Å². The molecule has 0 atom stereocenters. The maximum Gasteiger partial charge on any atom is 0.357 e. The lowest BCUT2D eigenvalue weighted by Gasteiger charge is -1.86. The zero-order valence-corrected chi connectivity index (χ0v) is 5.91. The molecule has 0 unspecified atom stereocenters. The molecule has 0 aliphatic rings. The third kappa shape index (κ3) is 1.43. The number of carbonyl (C=O) groups is 1. The molecule has 0 radical (unpaired) electrons. The summed E-state index contributed by atoms with van der Waals surface area (Å²) in [6, 6.07) is 1.65. The minimum Gasteiger partial charge on any atom is -0.343 e. The molecule has 0 fully saturated rings. The fraction of sp³-hybridized carbons (Fsp3) is 0. The summed E-state index contributed by atoms with van der Waals surface area (Å²) < 4.78 is 3.93. The van der Waals surface area contributed by atoms with Gasteiger partial charge in [0.15, 0.2) is 0 Å². The van der Waals surface area contributed by atoms with Crippen LogP contribution >= 0.6 is 23.2 Å². The van der Waals surface area contributed by atoms with Gasteiger partial charge < -0.3 is 4.29 Å². The molecule has 0 amide bonds. The molecule has 1 rings (SSSR count). The van der Waals surface area contributed by atoms with E-state index >= 15 is 0 Å². The molecule has 0 aliphatic carbocycles. The molecular formula is C5H3ClO2S. The molecule has 4 heteroatoms. The van der Waals surface area contributed by atoms with Crippen LogP contribution in [0.4, 0.5) is 0 Å². The topological polar surface area (TPSA) is 26.3 Å². The lowest BCUT2D eigenvalue weighted by Crippen LogP contribution is -1.93. The van der Waals surface area contributed by atoms with Crippen molar-refractivity contribution >= 4 is 29.2 Å². The van der Waals surface area contributed by atoms with Crippen LogP contribution in [-0.2, 0) is 4.29 Å². The molecule has 1 heterocycles. The Kier molecular flexibility index (Phi) is 2.08. The van der Waals surface area contributed by atoms with E-state index in [1.54, 1.807) is 16.8 Å². The average Bonchev–Trinajstić information content (AvgIpc) is 2.37. The Hall–Kier alpha value is -0.540. The second-order valence-electron chi connectivity index (χ2n) is 1.38. The van der Waals surface area contributed by atoms with Crippen molar-refractivity contribution in [3.8, 4) is 0 Å². The number of hydrogen-bond donors (Lipinski definition) is 0. The highest BCUT2D eigenvalue weighted by Crippen LogP contribution is 2.07. The van der Waals surface area contributed by atoms with Gasteiger partial charge in [-0.2, -0.15) is 11.3 Å². The van der Waals surface area contributed by atoms with Crippen LogP contribution in [0.15, 0.2) is 16.8 Å². The van der Waals surface area contributed by atoms with Crippen LogP contribution in [0, 0.1) is 0 Å². The van der Waals surface area contributed by atoms with E-state index in [1.165, 1.54) is 11.3 Å². The Bertz CT molecular complexity index is 195. The Morgan fingerprint density at radius 2 is 2.56 bits per heavy atom. The first-order valence-corrected chi connectivity index (χ1v) is 3.45. The minimum absolute atomic E-state index is 0.495. The first-order chi connectivity index (χ1) is 4.34. The predicted octanol–water partition coefficient (Wildman–Crippen LogP) is 2.06. The standard InChI is InChI=1S/C5H3ClO2S/c6-8-5(7)4-1-2-9-3-4/h1-3H. The molecule has 48 valence electrons. The molecule has 1 aromatic rings. The quantitative estimate of drug-likeness (QED) is 0.632. The summed E-state index contributed by atoms with van der Waals surface area (Å²) in [7, 11) is 0. The van der Waals surface area contributed by atoms with Crippen molar-refractivity contribution in [2.24, 2.45) is 0 Å². The molecule has 0 aromatic carbocycles. The third-order valence-electron chi connectivity index (χ3n) is 0.827. The van der Waals surface area contributed by atoms with E-state index in [1.807, 2.05) is 0 Å². The Balaban J connectivity index is 2.77. The molecular weight excluding hydrogens is 160 g/mol. The normalized spacial score (nSPS) is 9.00. The van der Waals surface area contributed by atoms with Crippen LogP contribution in [-0.4, -0.2) is 5.97 Å². The molecule has 0 spiro atoms. The Labute approximate surface area is 61.2 Å². The smallest absolute Gasteiger partial charge is 0.343 e. The van der Waals surface area contributed by atoms with Gasteiger partial charge in [-0.05, 0) is 11.4 Å². The van der Waals surface area contributed by atoms with Gasteiger partial charge in [0, 0.05) is 5.38 Å². The second kappa shape index (κ2) is 2.85. The molecule has 0 saturated carbocycles. The highest BCUT2D eigenvalue weighted by Gasteiger charge is 2.04. The summed E-state index contributed by atoms with van der Waals surface area (Å²) >= 11 is 6.22. The summed E-state index contributed by atoms with van der Waals surface area (Å²) in [6.07, 6.45) is 0. The highest BCUT2D eigenvalue weighted by molar-refractivity contribution is 7.08. The zero-order chi connectivity index (χ0) is 6.69.